The van der Waals surface area contributed by atoms with Crippen LogP contribution < -0.4 is 12.9 Å². The first-order valence-electron chi connectivity index (χ1n) is 12.3. The molecule has 0 atom stereocenters. The summed E-state index contributed by atoms with van der Waals surface area (Å²) in [5.74, 6) is 0. The number of anilines is 1. The number of rotatable bonds is 8. The fourth-order valence-electron chi connectivity index (χ4n) is 3.94. The van der Waals surface area contributed by atoms with Crippen LogP contribution in [0, 0.1) is 17.0 Å². The minimum absolute atomic E-state index is 0.0880. The van der Waals surface area contributed by atoms with Crippen molar-refractivity contribution in [3.63, 3.8) is 0 Å². The Kier molecular flexibility index (Phi) is 8.97. The summed E-state index contributed by atoms with van der Waals surface area (Å²) in [6, 6.07) is 23.5. The molecular weight excluding hydrogens is 597 g/mol. The second kappa shape index (κ2) is 12.6. The maximum absolute atomic E-state index is 11.0. The highest BCUT2D eigenvalue weighted by atomic mass is 32.2. The predicted molar refractivity (Wildman–Crippen MR) is 173 cm³/mol. The van der Waals surface area contributed by atoms with Crippen molar-refractivity contribution < 1.29 is 4.92 Å². The Labute approximate surface area is 252 Å². The van der Waals surface area contributed by atoms with E-state index in [4.69, 9.17) is 9.98 Å². The maximum Gasteiger partial charge on any atom is 0.269 e. The molecule has 0 aliphatic carbocycles. The molecule has 0 aliphatic heterocycles. The van der Waals surface area contributed by atoms with Crippen molar-refractivity contribution in [3.05, 3.63) is 107 Å². The van der Waals surface area contributed by atoms with Crippen LogP contribution in [0.1, 0.15) is 16.0 Å². The van der Waals surface area contributed by atoms with Gasteiger partial charge in [0.25, 0.3) is 5.69 Å². The minimum atomic E-state index is -0.378. The number of nitrogens with zero attached hydrogens (tertiary/aromatic N) is 4. The van der Waals surface area contributed by atoms with Gasteiger partial charge in [0.05, 0.1) is 25.4 Å². The Morgan fingerprint density at radius 1 is 0.800 bits per heavy atom. The van der Waals surface area contributed by atoms with E-state index < -0.39 is 0 Å². The summed E-state index contributed by atoms with van der Waals surface area (Å²) in [7, 11) is 4.00. The van der Waals surface area contributed by atoms with Crippen molar-refractivity contribution in [1.29, 1.82) is 0 Å². The van der Waals surface area contributed by atoms with Crippen LogP contribution >= 0.6 is 57.1 Å². The third-order valence-electron chi connectivity index (χ3n) is 5.93. The van der Waals surface area contributed by atoms with Crippen molar-refractivity contribution in [1.82, 2.24) is 0 Å². The quantitative estimate of drug-likeness (QED) is 0.0986. The van der Waals surface area contributed by atoms with Gasteiger partial charge in [-0.1, -0.05) is 46.9 Å². The largest absolute Gasteiger partial charge is 0.368 e. The summed E-state index contributed by atoms with van der Waals surface area (Å²) in [5.41, 5.74) is 5.37. The van der Waals surface area contributed by atoms with Gasteiger partial charge in [-0.3, -0.25) is 10.1 Å². The smallest absolute Gasteiger partial charge is 0.269 e. The molecule has 0 unspecified atom stereocenters. The Morgan fingerprint density at radius 3 is 1.82 bits per heavy atom. The van der Waals surface area contributed by atoms with E-state index in [1.165, 1.54) is 20.2 Å². The molecule has 5 rings (SSSR count). The molecule has 2 heterocycles. The number of benzene rings is 3. The number of nitro benzene ring substituents is 1. The lowest BCUT2D eigenvalue weighted by molar-refractivity contribution is -0.384. The number of nitro groups is 1. The summed E-state index contributed by atoms with van der Waals surface area (Å²) in [6.07, 6.45) is 2.95. The Bertz CT molecular complexity index is 1760. The van der Waals surface area contributed by atoms with Crippen LogP contribution in [0.15, 0.2) is 87.0 Å². The van der Waals surface area contributed by atoms with Crippen molar-refractivity contribution in [3.8, 4) is 10.4 Å². The summed E-state index contributed by atoms with van der Waals surface area (Å²) in [6.45, 7) is 2.15. The van der Waals surface area contributed by atoms with Gasteiger partial charge in [0, 0.05) is 31.1 Å². The van der Waals surface area contributed by atoms with Gasteiger partial charge in [-0.05, 0) is 72.7 Å². The van der Waals surface area contributed by atoms with Gasteiger partial charge >= 0.3 is 0 Å². The number of hydrogen-bond acceptors (Lipinski definition) is 10. The van der Waals surface area contributed by atoms with Crippen LogP contribution in [0.3, 0.4) is 0 Å². The molecule has 3 aromatic carbocycles. The number of aryl methyl sites for hydroxylation is 1. The van der Waals surface area contributed by atoms with Crippen molar-refractivity contribution in [2.24, 2.45) is 9.98 Å². The standard InChI is InChI=1S/C29H26N4O2S5/c1-18-27(36-4)40-28(37-18)30-22-11-5-19(6-12-22)17-20-7-13-23(14-8-20)31-29-38-25(26(39-29)32(2)3)21-9-15-24(16-10-21)33(34)35/h5-16H,17H2,1-4H3. The van der Waals surface area contributed by atoms with Crippen LogP contribution in [0.5, 0.6) is 0 Å². The summed E-state index contributed by atoms with van der Waals surface area (Å²) < 4.78 is 3.34. The molecule has 0 fully saturated rings. The van der Waals surface area contributed by atoms with Gasteiger partial charge in [-0.25, -0.2) is 9.98 Å². The van der Waals surface area contributed by atoms with Crippen molar-refractivity contribution in [2.45, 2.75) is 17.6 Å². The van der Waals surface area contributed by atoms with E-state index in [0.29, 0.717) is 0 Å². The summed E-state index contributed by atoms with van der Waals surface area (Å²) in [4.78, 5) is 24.8. The zero-order chi connectivity index (χ0) is 28.2. The first kappa shape index (κ1) is 28.4. The molecule has 0 saturated heterocycles. The van der Waals surface area contributed by atoms with Crippen LogP contribution in [-0.4, -0.2) is 25.3 Å². The Balaban J connectivity index is 1.31. The van der Waals surface area contributed by atoms with Crippen LogP contribution in [0.25, 0.3) is 10.4 Å². The van der Waals surface area contributed by atoms with E-state index >= 15 is 0 Å². The average molecular weight is 623 g/mol. The van der Waals surface area contributed by atoms with Gasteiger partial charge in [0.1, 0.15) is 5.00 Å². The van der Waals surface area contributed by atoms with Crippen molar-refractivity contribution in [2.75, 3.05) is 25.3 Å². The Hall–Kier alpha value is -3.09. The normalized spacial score (nSPS) is 12.2. The van der Waals surface area contributed by atoms with E-state index in [2.05, 4.69) is 66.6 Å². The molecule has 0 saturated carbocycles. The van der Waals surface area contributed by atoms with Gasteiger partial charge in [0.15, 0.2) is 7.97 Å². The summed E-state index contributed by atoms with van der Waals surface area (Å²) >= 11 is 8.48. The van der Waals surface area contributed by atoms with Gasteiger partial charge in [-0.2, -0.15) is 0 Å². The SMILES string of the molecule is CSc1sc(=Nc2ccc(Cc3ccc(N=c4sc(-c5ccc([N+](=O)[O-])cc5)c(N(C)C)s4)cc3)cc2)sc1C. The van der Waals surface area contributed by atoms with Crippen LogP contribution in [-0.2, 0) is 6.42 Å². The molecule has 6 nitrogen and oxygen atoms in total. The first-order valence-corrected chi connectivity index (χ1v) is 16.8. The van der Waals surface area contributed by atoms with Crippen molar-refractivity contribution >= 4 is 79.2 Å². The monoisotopic (exact) mass is 622 g/mol. The minimum Gasteiger partial charge on any atom is -0.368 e. The van der Waals surface area contributed by atoms with Gasteiger partial charge in [0.2, 0.25) is 0 Å². The highest BCUT2D eigenvalue weighted by Gasteiger charge is 2.14. The lowest BCUT2D eigenvalue weighted by Gasteiger charge is -2.11. The predicted octanol–water partition coefficient (Wildman–Crippen LogP) is 8.66. The molecule has 2 aromatic heterocycles. The molecular formula is C29H26N4O2S5. The Morgan fingerprint density at radius 2 is 1.35 bits per heavy atom. The van der Waals surface area contributed by atoms with Gasteiger partial charge in [-0.15, -0.1) is 34.4 Å². The van der Waals surface area contributed by atoms with E-state index in [1.54, 1.807) is 81.4 Å². The van der Waals surface area contributed by atoms with E-state index in [1.807, 2.05) is 14.1 Å². The lowest BCUT2D eigenvalue weighted by atomic mass is 10.0. The molecule has 0 spiro atoms. The fourth-order valence-corrected chi connectivity index (χ4v) is 9.78. The topological polar surface area (TPSA) is 71.1 Å². The molecule has 5 aromatic rings. The van der Waals surface area contributed by atoms with E-state index in [-0.39, 0.29) is 10.6 Å². The van der Waals surface area contributed by atoms with E-state index in [0.717, 1.165) is 41.2 Å². The molecule has 0 amide bonds. The third-order valence-corrected chi connectivity index (χ3v) is 12.2. The van der Waals surface area contributed by atoms with Gasteiger partial charge < -0.3 is 4.90 Å². The van der Waals surface area contributed by atoms with Crippen LogP contribution in [0.4, 0.5) is 22.1 Å². The molecule has 40 heavy (non-hydrogen) atoms. The molecule has 0 bridgehead atoms. The lowest BCUT2D eigenvalue weighted by Crippen LogP contribution is -2.07. The second-order valence-corrected chi connectivity index (χ2v) is 14.8. The third kappa shape index (κ3) is 6.79. The summed E-state index contributed by atoms with van der Waals surface area (Å²) in [5, 5.41) is 12.1. The fraction of sp³-hybridized carbons (Fsp3) is 0.172. The van der Waals surface area contributed by atoms with Crippen LogP contribution in [0.2, 0.25) is 0 Å². The second-order valence-electron chi connectivity index (χ2n) is 9.05. The average Bonchev–Trinajstić information content (AvgIpc) is 3.53. The zero-order valence-electron chi connectivity index (χ0n) is 22.3. The molecule has 204 valence electrons. The number of non-ortho nitro benzene ring substituents is 1. The highest BCUT2D eigenvalue weighted by Crippen LogP contribution is 2.37. The first-order chi connectivity index (χ1) is 19.3. The number of hydrogen-bond donors (Lipinski definition) is 0. The molecule has 0 aliphatic rings. The number of thioether (sulfide) groups is 1. The molecule has 0 radical (unpaired) electrons. The highest BCUT2D eigenvalue weighted by molar-refractivity contribution is 8.00. The molecule has 0 N–H and O–H groups in total. The maximum atomic E-state index is 11.0. The molecule has 11 heteroatoms. The van der Waals surface area contributed by atoms with E-state index in [9.17, 15) is 10.1 Å². The zero-order valence-corrected chi connectivity index (χ0v) is 26.4.